The largest absolute Gasteiger partial charge is 0.465 e. The second-order valence-electron chi connectivity index (χ2n) is 6.43. The lowest BCUT2D eigenvalue weighted by atomic mass is 10.1. The van der Waals surface area contributed by atoms with E-state index in [1.165, 1.54) is 7.11 Å². The number of carbonyl (C=O) groups excluding carboxylic acids is 1. The number of aliphatic hydroxyl groups excluding tert-OH is 1. The lowest BCUT2D eigenvalue weighted by molar-refractivity contribution is 0.0596. The van der Waals surface area contributed by atoms with Crippen molar-refractivity contribution >= 4 is 5.97 Å². The molecule has 2 N–H and O–H groups in total. The maximum Gasteiger partial charge on any atom is 0.341 e. The Morgan fingerprint density at radius 3 is 2.72 bits per heavy atom. The Kier molecular flexibility index (Phi) is 5.16. The number of esters is 1. The van der Waals surface area contributed by atoms with E-state index in [1.807, 2.05) is 0 Å². The molecular weight excluding hydrogens is 326 g/mol. The molecule has 0 amide bonds. The Morgan fingerprint density at radius 1 is 1.32 bits per heavy atom. The van der Waals surface area contributed by atoms with Crippen LogP contribution in [0, 0.1) is 0 Å². The van der Waals surface area contributed by atoms with Crippen LogP contribution in [-0.2, 0) is 11.3 Å². The number of pyridine rings is 1. The van der Waals surface area contributed by atoms with Gasteiger partial charge in [-0.25, -0.2) is 9.89 Å². The summed E-state index contributed by atoms with van der Waals surface area (Å²) in [5.74, 6) is -0.570. The van der Waals surface area contributed by atoms with Gasteiger partial charge in [0.15, 0.2) is 0 Å². The Balaban J connectivity index is 1.76. The monoisotopic (exact) mass is 349 g/mol. The predicted octanol–water partition coefficient (Wildman–Crippen LogP) is -0.929. The molecule has 0 aromatic rings. The summed E-state index contributed by atoms with van der Waals surface area (Å²) in [6.45, 7) is 4.60. The summed E-state index contributed by atoms with van der Waals surface area (Å²) in [6.07, 6.45) is 2.54. The summed E-state index contributed by atoms with van der Waals surface area (Å²) in [5, 5.41) is 16.6. The van der Waals surface area contributed by atoms with Gasteiger partial charge in [-0.1, -0.05) is 0 Å². The molecule has 9 nitrogen and oxygen atoms in total. The first kappa shape index (κ1) is 17.6. The quantitative estimate of drug-likeness (QED) is 0.672. The third kappa shape index (κ3) is 3.89. The molecule has 0 radical (unpaired) electrons. The highest BCUT2D eigenvalue weighted by atomic mass is 16.5. The molecule has 3 heterocycles. The molecule has 1 atom stereocenters. The highest BCUT2D eigenvalue weighted by Crippen LogP contribution is 2.20. The minimum absolute atomic E-state index is 0.199. The van der Waals surface area contributed by atoms with Crippen molar-refractivity contribution in [3.05, 3.63) is 28.3 Å². The molecule has 3 rings (SSSR count). The number of rotatable bonds is 5. The second kappa shape index (κ2) is 7.34. The number of likely N-dealkylation sites (N-methyl/N-ethyl adjacent to an activating group) is 1. The molecule has 1 saturated heterocycles. The van der Waals surface area contributed by atoms with E-state index in [1.54, 1.807) is 17.0 Å². The number of fused-ring (bicyclic) bond motifs is 1. The number of aliphatic hydroxyl groups is 1. The normalized spacial score (nSPS) is 17.7. The van der Waals surface area contributed by atoms with Crippen LogP contribution in [0.15, 0.2) is 17.2 Å². The van der Waals surface area contributed by atoms with Gasteiger partial charge < -0.3 is 19.3 Å². The number of hydrogen-bond acceptors (Lipinski definition) is 7. The van der Waals surface area contributed by atoms with Gasteiger partial charge in [-0.15, -0.1) is 0 Å². The Hall–Kier alpha value is -2.23. The van der Waals surface area contributed by atoms with E-state index >= 15 is 0 Å². The number of β-amino-alcohol motifs (C(OH)–C–C–N with tert-alkyl or cyclic N) is 1. The van der Waals surface area contributed by atoms with Gasteiger partial charge in [0.1, 0.15) is 11.3 Å². The summed E-state index contributed by atoms with van der Waals surface area (Å²) in [4.78, 5) is 28.3. The Labute approximate surface area is 145 Å². The summed E-state index contributed by atoms with van der Waals surface area (Å²) < 4.78 is 6.41. The fourth-order valence-electron chi connectivity index (χ4n) is 3.08. The number of nitrogens with zero attached hydrogens (tertiary/aromatic N) is 4. The second-order valence-corrected chi connectivity index (χ2v) is 6.43. The zero-order chi connectivity index (χ0) is 18.0. The van der Waals surface area contributed by atoms with E-state index in [2.05, 4.69) is 27.0 Å². The number of carbonyl (C=O) groups is 1. The SMILES string of the molecule is COC(=O)c1cn(C[C@@H](O)CN2CCN(C)CC2)cc2c(=O)[nH]nc1-2. The number of methoxy groups -OCH3 is 1. The number of hydrogen-bond donors (Lipinski definition) is 2. The molecule has 3 aliphatic rings. The highest BCUT2D eigenvalue weighted by Gasteiger charge is 2.23. The maximum absolute atomic E-state index is 12.0. The fourth-order valence-corrected chi connectivity index (χ4v) is 3.08. The van der Waals surface area contributed by atoms with E-state index in [4.69, 9.17) is 4.74 Å². The third-order valence-corrected chi connectivity index (χ3v) is 4.51. The Morgan fingerprint density at radius 2 is 2.04 bits per heavy atom. The zero-order valence-corrected chi connectivity index (χ0v) is 14.4. The van der Waals surface area contributed by atoms with Crippen LogP contribution in [0.3, 0.4) is 0 Å². The van der Waals surface area contributed by atoms with Gasteiger partial charge in [-0.05, 0) is 7.05 Å². The number of aromatic amines is 1. The number of ether oxygens (including phenoxy) is 1. The molecule has 0 saturated carbocycles. The smallest absolute Gasteiger partial charge is 0.341 e. The van der Waals surface area contributed by atoms with Crippen LogP contribution >= 0.6 is 0 Å². The van der Waals surface area contributed by atoms with Gasteiger partial charge in [-0.2, -0.15) is 5.10 Å². The number of H-pyrrole nitrogens is 1. The first-order valence-corrected chi connectivity index (χ1v) is 8.23. The standard InChI is InChI=1S/C16H23N5O4/c1-19-3-5-20(6-4-19)7-11(22)8-21-9-12-14(17-18-15(12)23)13(10-21)16(24)25-2/h9-11,22H,3-8H2,1-2H3,(H,18,23)/t11-/m0/s1. The van der Waals surface area contributed by atoms with Crippen LogP contribution in [0.25, 0.3) is 11.3 Å². The van der Waals surface area contributed by atoms with Gasteiger partial charge in [0, 0.05) is 51.7 Å². The lowest BCUT2D eigenvalue weighted by Gasteiger charge is -2.33. The average Bonchev–Trinajstić information content (AvgIpc) is 2.97. The van der Waals surface area contributed by atoms with E-state index in [0.717, 1.165) is 26.2 Å². The van der Waals surface area contributed by atoms with Crippen molar-refractivity contribution < 1.29 is 14.6 Å². The van der Waals surface area contributed by atoms with E-state index in [0.29, 0.717) is 12.1 Å². The van der Waals surface area contributed by atoms with Gasteiger partial charge in [0.25, 0.3) is 5.56 Å². The molecule has 9 heteroatoms. The van der Waals surface area contributed by atoms with E-state index in [9.17, 15) is 14.7 Å². The highest BCUT2D eigenvalue weighted by molar-refractivity contribution is 5.95. The number of nitrogens with one attached hydrogen (secondary N) is 1. The average molecular weight is 349 g/mol. The van der Waals surface area contributed by atoms with Crippen LogP contribution < -0.4 is 5.56 Å². The summed E-state index contributed by atoms with van der Waals surface area (Å²) in [7, 11) is 3.36. The fraction of sp³-hybridized carbons (Fsp3) is 0.562. The van der Waals surface area contributed by atoms with Crippen molar-refractivity contribution in [3.63, 3.8) is 0 Å². The molecule has 3 aliphatic heterocycles. The Bertz CT molecular complexity index is 762. The summed E-state index contributed by atoms with van der Waals surface area (Å²) >= 11 is 0. The van der Waals surface area contributed by atoms with E-state index < -0.39 is 12.1 Å². The van der Waals surface area contributed by atoms with Gasteiger partial charge in [0.05, 0.1) is 18.8 Å². The van der Waals surface area contributed by atoms with Crippen LogP contribution in [0.5, 0.6) is 0 Å². The molecule has 0 spiro atoms. The van der Waals surface area contributed by atoms with Crippen molar-refractivity contribution in [1.29, 1.82) is 0 Å². The molecule has 0 bridgehead atoms. The molecule has 136 valence electrons. The first-order valence-electron chi connectivity index (χ1n) is 8.23. The predicted molar refractivity (Wildman–Crippen MR) is 90.8 cm³/mol. The number of piperazine rings is 1. The van der Waals surface area contributed by atoms with Crippen molar-refractivity contribution in [3.8, 4) is 11.3 Å². The molecule has 0 aromatic heterocycles. The van der Waals surface area contributed by atoms with Crippen molar-refractivity contribution in [2.45, 2.75) is 12.6 Å². The topological polar surface area (TPSA) is 104 Å². The van der Waals surface area contributed by atoms with Crippen LogP contribution in [-0.4, -0.2) is 88.6 Å². The zero-order valence-electron chi connectivity index (χ0n) is 14.4. The molecule has 0 aromatic carbocycles. The van der Waals surface area contributed by atoms with Crippen molar-refractivity contribution in [2.75, 3.05) is 46.9 Å². The maximum atomic E-state index is 12.0. The molecule has 1 fully saturated rings. The minimum Gasteiger partial charge on any atom is -0.465 e. The summed E-state index contributed by atoms with van der Waals surface area (Å²) in [5.41, 5.74) is 0.407. The molecule has 0 aliphatic carbocycles. The van der Waals surface area contributed by atoms with E-state index in [-0.39, 0.29) is 23.4 Å². The first-order chi connectivity index (χ1) is 12.0. The minimum atomic E-state index is -0.613. The van der Waals surface area contributed by atoms with Gasteiger partial charge >= 0.3 is 5.97 Å². The lowest BCUT2D eigenvalue weighted by Crippen LogP contribution is -2.47. The molecule has 25 heavy (non-hydrogen) atoms. The summed E-state index contributed by atoms with van der Waals surface area (Å²) in [6, 6.07) is 0. The van der Waals surface area contributed by atoms with Crippen LogP contribution in [0.2, 0.25) is 0 Å². The number of aromatic nitrogens is 3. The van der Waals surface area contributed by atoms with Crippen LogP contribution in [0.1, 0.15) is 10.4 Å². The third-order valence-electron chi connectivity index (χ3n) is 4.51. The molecular formula is C16H23N5O4. The van der Waals surface area contributed by atoms with Crippen molar-refractivity contribution in [2.24, 2.45) is 0 Å². The van der Waals surface area contributed by atoms with Gasteiger partial charge in [-0.3, -0.25) is 9.69 Å². The van der Waals surface area contributed by atoms with Crippen LogP contribution in [0.4, 0.5) is 0 Å². The van der Waals surface area contributed by atoms with Gasteiger partial charge in [0.2, 0.25) is 0 Å². The van der Waals surface area contributed by atoms with Crippen molar-refractivity contribution in [1.82, 2.24) is 24.6 Å². The molecule has 0 unspecified atom stereocenters.